The van der Waals surface area contributed by atoms with Crippen molar-refractivity contribution in [2.24, 2.45) is 17.6 Å². The number of halogens is 1. The van der Waals surface area contributed by atoms with Crippen molar-refractivity contribution in [3.8, 4) is 0 Å². The summed E-state index contributed by atoms with van der Waals surface area (Å²) in [6.45, 7) is 6.01. The third-order valence-corrected chi connectivity index (χ3v) is 4.87. The van der Waals surface area contributed by atoms with E-state index < -0.39 is 0 Å². The maximum Gasteiger partial charge on any atom is 0.126 e. The number of nitrogens with zero attached hydrogens (tertiary/aromatic N) is 1. The van der Waals surface area contributed by atoms with Gasteiger partial charge in [-0.2, -0.15) is 0 Å². The molecule has 0 spiro atoms. The molecule has 3 unspecified atom stereocenters. The molecule has 1 aliphatic heterocycles. The minimum Gasteiger partial charge on any atom is -0.371 e. The van der Waals surface area contributed by atoms with E-state index in [1.165, 1.54) is 19.3 Å². The predicted molar refractivity (Wildman–Crippen MR) is 76.8 cm³/mol. The Labute approximate surface area is 114 Å². The van der Waals surface area contributed by atoms with Gasteiger partial charge in [-0.1, -0.05) is 6.42 Å². The lowest BCUT2D eigenvalue weighted by molar-refractivity contribution is 0.494. The van der Waals surface area contributed by atoms with Gasteiger partial charge in [-0.25, -0.2) is 4.39 Å². The van der Waals surface area contributed by atoms with Crippen LogP contribution in [-0.2, 0) is 0 Å². The summed E-state index contributed by atoms with van der Waals surface area (Å²) >= 11 is 0. The van der Waals surface area contributed by atoms with Gasteiger partial charge >= 0.3 is 0 Å². The number of hydrogen-bond donors (Lipinski definition) is 1. The second kappa shape index (κ2) is 4.78. The minimum atomic E-state index is -0.143. The van der Waals surface area contributed by atoms with Crippen molar-refractivity contribution in [2.75, 3.05) is 18.0 Å². The standard InChI is InChI=1S/C16H23FN2/c1-10-6-16(14(11(2)18)7-15(10)17)19-8-12-4-3-5-13(12)9-19/h6-7,11-13H,3-5,8-9,18H2,1-2H3. The number of hydrogen-bond acceptors (Lipinski definition) is 2. The van der Waals surface area contributed by atoms with Crippen LogP contribution in [0, 0.1) is 24.6 Å². The van der Waals surface area contributed by atoms with Crippen LogP contribution in [0.25, 0.3) is 0 Å². The van der Waals surface area contributed by atoms with Crippen LogP contribution >= 0.6 is 0 Å². The van der Waals surface area contributed by atoms with E-state index in [0.717, 1.165) is 41.7 Å². The number of aryl methyl sites for hydroxylation is 1. The lowest BCUT2D eigenvalue weighted by Crippen LogP contribution is -2.24. The molecule has 1 aromatic rings. The average molecular weight is 262 g/mol. The molecule has 2 N–H and O–H groups in total. The molecule has 3 atom stereocenters. The van der Waals surface area contributed by atoms with E-state index in [2.05, 4.69) is 4.90 Å². The molecule has 0 bridgehead atoms. The van der Waals surface area contributed by atoms with Gasteiger partial charge in [0.2, 0.25) is 0 Å². The molecule has 1 saturated carbocycles. The van der Waals surface area contributed by atoms with E-state index in [0.29, 0.717) is 0 Å². The topological polar surface area (TPSA) is 29.3 Å². The molecule has 1 heterocycles. The first-order valence-electron chi connectivity index (χ1n) is 7.37. The van der Waals surface area contributed by atoms with Crippen molar-refractivity contribution in [3.63, 3.8) is 0 Å². The van der Waals surface area contributed by atoms with Crippen molar-refractivity contribution in [2.45, 2.75) is 39.2 Å². The highest BCUT2D eigenvalue weighted by Gasteiger charge is 2.36. The molecular formula is C16H23FN2. The smallest absolute Gasteiger partial charge is 0.126 e. The quantitative estimate of drug-likeness (QED) is 0.885. The second-order valence-corrected chi connectivity index (χ2v) is 6.30. The van der Waals surface area contributed by atoms with Crippen molar-refractivity contribution in [1.29, 1.82) is 0 Å². The van der Waals surface area contributed by atoms with Crippen LogP contribution in [0.4, 0.5) is 10.1 Å². The molecule has 0 amide bonds. The summed E-state index contributed by atoms with van der Waals surface area (Å²) in [5.74, 6) is 1.54. The van der Waals surface area contributed by atoms with Gasteiger partial charge in [-0.15, -0.1) is 0 Å². The fraction of sp³-hybridized carbons (Fsp3) is 0.625. The first kappa shape index (κ1) is 12.9. The summed E-state index contributed by atoms with van der Waals surface area (Å²) in [5, 5.41) is 0. The number of fused-ring (bicyclic) bond motifs is 1. The maximum absolute atomic E-state index is 13.8. The maximum atomic E-state index is 13.8. The van der Waals surface area contributed by atoms with Gasteiger partial charge in [0.15, 0.2) is 0 Å². The summed E-state index contributed by atoms with van der Waals surface area (Å²) in [7, 11) is 0. The van der Waals surface area contributed by atoms with E-state index in [1.807, 2.05) is 19.9 Å². The molecule has 19 heavy (non-hydrogen) atoms. The molecule has 3 rings (SSSR count). The molecule has 1 saturated heterocycles. The SMILES string of the molecule is Cc1cc(N2CC3CCCC3C2)c(C(C)N)cc1F. The molecule has 104 valence electrons. The van der Waals surface area contributed by atoms with Gasteiger partial charge in [-0.3, -0.25) is 0 Å². The highest BCUT2D eigenvalue weighted by molar-refractivity contribution is 5.58. The van der Waals surface area contributed by atoms with Gasteiger partial charge in [0, 0.05) is 24.8 Å². The Kier molecular flexibility index (Phi) is 3.25. The van der Waals surface area contributed by atoms with Crippen molar-refractivity contribution < 1.29 is 4.39 Å². The zero-order valence-corrected chi connectivity index (χ0v) is 11.8. The van der Waals surface area contributed by atoms with Crippen LogP contribution in [0.5, 0.6) is 0 Å². The fourth-order valence-corrected chi connectivity index (χ4v) is 3.75. The van der Waals surface area contributed by atoms with E-state index >= 15 is 0 Å². The van der Waals surface area contributed by atoms with E-state index in [4.69, 9.17) is 5.73 Å². The zero-order chi connectivity index (χ0) is 13.6. The molecule has 2 nitrogen and oxygen atoms in total. The zero-order valence-electron chi connectivity index (χ0n) is 11.8. The van der Waals surface area contributed by atoms with Crippen LogP contribution in [-0.4, -0.2) is 13.1 Å². The first-order chi connectivity index (χ1) is 9.06. The molecule has 1 aliphatic carbocycles. The summed E-state index contributed by atoms with van der Waals surface area (Å²) < 4.78 is 13.8. The van der Waals surface area contributed by atoms with Gasteiger partial charge in [0.25, 0.3) is 0 Å². The Morgan fingerprint density at radius 3 is 2.47 bits per heavy atom. The fourth-order valence-electron chi connectivity index (χ4n) is 3.75. The third kappa shape index (κ3) is 2.25. The Morgan fingerprint density at radius 1 is 1.26 bits per heavy atom. The number of nitrogens with two attached hydrogens (primary N) is 1. The van der Waals surface area contributed by atoms with Crippen molar-refractivity contribution >= 4 is 5.69 Å². The molecule has 2 fully saturated rings. The number of benzene rings is 1. The van der Waals surface area contributed by atoms with Crippen molar-refractivity contribution in [3.05, 3.63) is 29.1 Å². The highest BCUT2D eigenvalue weighted by atomic mass is 19.1. The second-order valence-electron chi connectivity index (χ2n) is 6.30. The predicted octanol–water partition coefficient (Wildman–Crippen LogP) is 3.39. The lowest BCUT2D eigenvalue weighted by Gasteiger charge is -2.25. The molecule has 3 heteroatoms. The van der Waals surface area contributed by atoms with Gasteiger partial charge in [0.1, 0.15) is 5.82 Å². The molecule has 2 aliphatic rings. The summed E-state index contributed by atoms with van der Waals surface area (Å²) in [4.78, 5) is 2.43. The van der Waals surface area contributed by atoms with Crippen LogP contribution < -0.4 is 10.6 Å². The number of rotatable bonds is 2. The monoisotopic (exact) mass is 262 g/mol. The molecule has 1 aromatic carbocycles. The van der Waals surface area contributed by atoms with E-state index in [9.17, 15) is 4.39 Å². The summed E-state index contributed by atoms with van der Waals surface area (Å²) in [6.07, 6.45) is 4.09. The van der Waals surface area contributed by atoms with E-state index in [1.54, 1.807) is 6.07 Å². The van der Waals surface area contributed by atoms with E-state index in [-0.39, 0.29) is 11.9 Å². The van der Waals surface area contributed by atoms with Crippen LogP contribution in [0.3, 0.4) is 0 Å². The largest absolute Gasteiger partial charge is 0.371 e. The molecule has 0 aromatic heterocycles. The Hall–Kier alpha value is -1.09. The average Bonchev–Trinajstić information content (AvgIpc) is 2.92. The third-order valence-electron chi connectivity index (χ3n) is 4.87. The number of anilines is 1. The Bertz CT molecular complexity index is 472. The first-order valence-corrected chi connectivity index (χ1v) is 7.37. The van der Waals surface area contributed by atoms with Crippen LogP contribution in [0.1, 0.15) is 43.4 Å². The van der Waals surface area contributed by atoms with Crippen LogP contribution in [0.2, 0.25) is 0 Å². The molecule has 0 radical (unpaired) electrons. The summed E-state index contributed by atoms with van der Waals surface area (Å²) in [6, 6.07) is 3.49. The minimum absolute atomic E-state index is 0.120. The van der Waals surface area contributed by atoms with Crippen molar-refractivity contribution in [1.82, 2.24) is 0 Å². The summed E-state index contributed by atoms with van der Waals surface area (Å²) in [5.41, 5.74) is 8.85. The van der Waals surface area contributed by atoms with Gasteiger partial charge < -0.3 is 10.6 Å². The van der Waals surface area contributed by atoms with Gasteiger partial charge in [-0.05, 0) is 61.8 Å². The highest BCUT2D eigenvalue weighted by Crippen LogP contribution is 2.41. The lowest BCUT2D eigenvalue weighted by atomic mass is 10.0. The Morgan fingerprint density at radius 2 is 1.89 bits per heavy atom. The Balaban J connectivity index is 1.93. The van der Waals surface area contributed by atoms with Crippen LogP contribution in [0.15, 0.2) is 12.1 Å². The normalized spacial score (nSPS) is 27.7. The molecular weight excluding hydrogens is 239 g/mol. The van der Waals surface area contributed by atoms with Gasteiger partial charge in [0.05, 0.1) is 0 Å².